The van der Waals surface area contributed by atoms with Gasteiger partial charge in [-0.1, -0.05) is 0 Å². The Labute approximate surface area is 106 Å². The summed E-state index contributed by atoms with van der Waals surface area (Å²) in [5.74, 6) is 0.139. The molecule has 0 aromatic carbocycles. The Morgan fingerprint density at radius 1 is 1.17 bits per heavy atom. The van der Waals surface area contributed by atoms with E-state index in [2.05, 4.69) is 5.10 Å². The third kappa shape index (κ3) is 3.09. The Morgan fingerprint density at radius 3 is 2.56 bits per heavy atom. The highest BCUT2D eigenvalue weighted by Gasteiger charge is 2.20. The van der Waals surface area contributed by atoms with Crippen molar-refractivity contribution in [2.45, 2.75) is 19.9 Å². The van der Waals surface area contributed by atoms with Crippen molar-refractivity contribution in [1.29, 1.82) is 0 Å². The van der Waals surface area contributed by atoms with Gasteiger partial charge in [0, 0.05) is 45.5 Å². The zero-order chi connectivity index (χ0) is 13.0. The lowest BCUT2D eigenvalue weighted by molar-refractivity contribution is -0.133. The molecule has 0 unspecified atom stereocenters. The molecule has 0 saturated carbocycles. The maximum atomic E-state index is 12.1. The van der Waals surface area contributed by atoms with Crippen molar-refractivity contribution >= 4 is 11.8 Å². The molecular weight excluding hydrogens is 232 g/mol. The van der Waals surface area contributed by atoms with Crippen LogP contribution in [0.5, 0.6) is 0 Å². The largest absolute Gasteiger partial charge is 0.341 e. The van der Waals surface area contributed by atoms with Gasteiger partial charge in [-0.3, -0.25) is 14.3 Å². The lowest BCUT2D eigenvalue weighted by atomic mass is 10.3. The van der Waals surface area contributed by atoms with Gasteiger partial charge in [0.1, 0.15) is 6.54 Å². The van der Waals surface area contributed by atoms with Gasteiger partial charge in [0.25, 0.3) is 0 Å². The fourth-order valence-corrected chi connectivity index (χ4v) is 2.11. The van der Waals surface area contributed by atoms with E-state index < -0.39 is 0 Å². The second-order valence-electron chi connectivity index (χ2n) is 4.44. The fraction of sp³-hybridized carbons (Fsp3) is 0.583. The maximum absolute atomic E-state index is 12.1. The zero-order valence-electron chi connectivity index (χ0n) is 10.6. The molecule has 1 aliphatic rings. The molecule has 6 heteroatoms. The van der Waals surface area contributed by atoms with Crippen molar-refractivity contribution in [3.63, 3.8) is 0 Å². The summed E-state index contributed by atoms with van der Waals surface area (Å²) in [5, 5.41) is 4.02. The van der Waals surface area contributed by atoms with Crippen LogP contribution in [0.3, 0.4) is 0 Å². The highest BCUT2D eigenvalue weighted by atomic mass is 16.2. The molecule has 0 aliphatic carbocycles. The number of rotatable bonds is 2. The molecule has 0 radical (unpaired) electrons. The van der Waals surface area contributed by atoms with E-state index in [0.29, 0.717) is 19.6 Å². The number of hydrogen-bond acceptors (Lipinski definition) is 3. The van der Waals surface area contributed by atoms with E-state index in [-0.39, 0.29) is 18.4 Å². The van der Waals surface area contributed by atoms with Gasteiger partial charge in [0.2, 0.25) is 11.8 Å². The second-order valence-corrected chi connectivity index (χ2v) is 4.44. The number of amides is 2. The van der Waals surface area contributed by atoms with Gasteiger partial charge in [-0.15, -0.1) is 0 Å². The molecule has 1 saturated heterocycles. The predicted molar refractivity (Wildman–Crippen MR) is 65.7 cm³/mol. The van der Waals surface area contributed by atoms with Crippen LogP contribution in [0.25, 0.3) is 0 Å². The van der Waals surface area contributed by atoms with E-state index in [1.165, 1.54) is 0 Å². The van der Waals surface area contributed by atoms with E-state index in [0.717, 1.165) is 13.0 Å². The van der Waals surface area contributed by atoms with Gasteiger partial charge in [0.05, 0.1) is 0 Å². The molecule has 1 fully saturated rings. The topological polar surface area (TPSA) is 58.4 Å². The first-order valence-corrected chi connectivity index (χ1v) is 6.17. The SMILES string of the molecule is CC(=O)N1CCCN(C(=O)Cn2cccn2)CC1. The Balaban J connectivity index is 1.89. The van der Waals surface area contributed by atoms with E-state index in [1.54, 1.807) is 35.0 Å². The lowest BCUT2D eigenvalue weighted by Crippen LogP contribution is -2.38. The van der Waals surface area contributed by atoms with Crippen LogP contribution < -0.4 is 0 Å². The number of carbonyl (C=O) groups is 2. The molecule has 0 spiro atoms. The average molecular weight is 250 g/mol. The summed E-state index contributed by atoms with van der Waals surface area (Å²) in [4.78, 5) is 27.0. The first-order valence-electron chi connectivity index (χ1n) is 6.17. The predicted octanol–water partition coefficient (Wildman–Crippen LogP) is -0.0361. The third-order valence-electron chi connectivity index (χ3n) is 3.15. The Bertz CT molecular complexity index is 416. The molecular formula is C12H18N4O2. The van der Waals surface area contributed by atoms with Gasteiger partial charge in [-0.05, 0) is 12.5 Å². The third-order valence-corrected chi connectivity index (χ3v) is 3.15. The van der Waals surface area contributed by atoms with Gasteiger partial charge in [-0.25, -0.2) is 0 Å². The first-order chi connectivity index (χ1) is 8.66. The van der Waals surface area contributed by atoms with Crippen molar-refractivity contribution in [3.05, 3.63) is 18.5 Å². The smallest absolute Gasteiger partial charge is 0.244 e. The normalized spacial score (nSPS) is 16.5. The van der Waals surface area contributed by atoms with Crippen molar-refractivity contribution in [2.24, 2.45) is 0 Å². The highest BCUT2D eigenvalue weighted by Crippen LogP contribution is 2.04. The molecule has 1 aromatic rings. The van der Waals surface area contributed by atoms with Gasteiger partial charge in [0.15, 0.2) is 0 Å². The van der Waals surface area contributed by atoms with Crippen molar-refractivity contribution in [3.8, 4) is 0 Å². The minimum atomic E-state index is 0.0594. The maximum Gasteiger partial charge on any atom is 0.244 e. The van der Waals surface area contributed by atoms with E-state index in [9.17, 15) is 9.59 Å². The van der Waals surface area contributed by atoms with Crippen LogP contribution in [0.15, 0.2) is 18.5 Å². The minimum Gasteiger partial charge on any atom is -0.341 e. The molecule has 2 rings (SSSR count). The monoisotopic (exact) mass is 250 g/mol. The summed E-state index contributed by atoms with van der Waals surface area (Å²) in [7, 11) is 0. The molecule has 0 N–H and O–H groups in total. The lowest BCUT2D eigenvalue weighted by Gasteiger charge is -2.21. The minimum absolute atomic E-state index is 0.0594. The highest BCUT2D eigenvalue weighted by molar-refractivity contribution is 5.76. The molecule has 0 bridgehead atoms. The van der Waals surface area contributed by atoms with Gasteiger partial charge < -0.3 is 9.80 Å². The van der Waals surface area contributed by atoms with Gasteiger partial charge in [-0.2, -0.15) is 5.10 Å². The standard InChI is InChI=1S/C12H18N4O2/c1-11(17)14-5-3-6-15(9-8-14)12(18)10-16-7-2-4-13-16/h2,4,7H,3,5-6,8-10H2,1H3. The molecule has 1 aliphatic heterocycles. The molecule has 0 atom stereocenters. The van der Waals surface area contributed by atoms with Crippen molar-refractivity contribution < 1.29 is 9.59 Å². The quantitative estimate of drug-likeness (QED) is 0.740. The summed E-state index contributed by atoms with van der Waals surface area (Å²) in [5.41, 5.74) is 0. The van der Waals surface area contributed by atoms with Crippen LogP contribution in [0.4, 0.5) is 0 Å². The fourth-order valence-electron chi connectivity index (χ4n) is 2.11. The molecule has 18 heavy (non-hydrogen) atoms. The van der Waals surface area contributed by atoms with Crippen LogP contribution in [0, 0.1) is 0 Å². The number of aromatic nitrogens is 2. The summed E-state index contributed by atoms with van der Waals surface area (Å²) in [6.07, 6.45) is 4.27. The summed E-state index contributed by atoms with van der Waals surface area (Å²) in [6.45, 7) is 4.53. The Morgan fingerprint density at radius 2 is 1.89 bits per heavy atom. The molecule has 2 heterocycles. The van der Waals surface area contributed by atoms with Crippen molar-refractivity contribution in [2.75, 3.05) is 26.2 Å². The number of hydrogen-bond donors (Lipinski definition) is 0. The Hall–Kier alpha value is -1.85. The van der Waals surface area contributed by atoms with E-state index in [4.69, 9.17) is 0 Å². The van der Waals surface area contributed by atoms with Crippen molar-refractivity contribution in [1.82, 2.24) is 19.6 Å². The van der Waals surface area contributed by atoms with Crippen LogP contribution in [-0.4, -0.2) is 57.6 Å². The first kappa shape index (κ1) is 12.6. The van der Waals surface area contributed by atoms with Crippen LogP contribution in [-0.2, 0) is 16.1 Å². The summed E-state index contributed by atoms with van der Waals surface area (Å²) < 4.78 is 1.62. The van der Waals surface area contributed by atoms with Crippen LogP contribution >= 0.6 is 0 Å². The van der Waals surface area contributed by atoms with Crippen LogP contribution in [0.1, 0.15) is 13.3 Å². The van der Waals surface area contributed by atoms with E-state index in [1.807, 2.05) is 4.90 Å². The number of nitrogens with zero attached hydrogens (tertiary/aromatic N) is 4. The second kappa shape index (κ2) is 5.66. The Kier molecular flexibility index (Phi) is 3.96. The molecule has 2 amide bonds. The average Bonchev–Trinajstić information content (AvgIpc) is 2.70. The zero-order valence-corrected chi connectivity index (χ0v) is 10.6. The van der Waals surface area contributed by atoms with E-state index >= 15 is 0 Å². The summed E-state index contributed by atoms with van der Waals surface area (Å²) in [6, 6.07) is 1.80. The molecule has 6 nitrogen and oxygen atoms in total. The summed E-state index contributed by atoms with van der Waals surface area (Å²) >= 11 is 0. The molecule has 1 aromatic heterocycles. The molecule has 98 valence electrons. The van der Waals surface area contributed by atoms with Crippen LogP contribution in [0.2, 0.25) is 0 Å². The van der Waals surface area contributed by atoms with Gasteiger partial charge >= 0.3 is 0 Å². The number of carbonyl (C=O) groups excluding carboxylic acids is 2.